The van der Waals surface area contributed by atoms with Gasteiger partial charge in [-0.25, -0.2) is 8.78 Å². The highest BCUT2D eigenvalue weighted by Gasteiger charge is 2.17. The lowest BCUT2D eigenvalue weighted by Crippen LogP contribution is -2.26. The summed E-state index contributed by atoms with van der Waals surface area (Å²) in [4.78, 5) is 12.0. The smallest absolute Gasteiger partial charge is 0.252 e. The first-order valence-corrected chi connectivity index (χ1v) is 6.60. The number of hydrogen-bond acceptors (Lipinski definition) is 3. The van der Waals surface area contributed by atoms with E-state index >= 15 is 0 Å². The summed E-state index contributed by atoms with van der Waals surface area (Å²) < 4.78 is 32.7. The molecule has 6 heteroatoms. The molecule has 0 aliphatic rings. The largest absolute Gasteiger partial charge is 0.467 e. The van der Waals surface area contributed by atoms with Crippen molar-refractivity contribution in [3.63, 3.8) is 0 Å². The summed E-state index contributed by atoms with van der Waals surface area (Å²) in [6, 6.07) is 5.02. The summed E-state index contributed by atoms with van der Waals surface area (Å²) in [7, 11) is 0. The molecule has 0 radical (unpaired) electrons. The molecular formula is C15H16F2N2O2. The van der Waals surface area contributed by atoms with Crippen molar-refractivity contribution in [1.82, 2.24) is 5.32 Å². The molecule has 0 bridgehead atoms. The first-order chi connectivity index (χ1) is 10.0. The number of benzene rings is 1. The third kappa shape index (κ3) is 3.39. The molecule has 21 heavy (non-hydrogen) atoms. The minimum Gasteiger partial charge on any atom is -0.467 e. The quantitative estimate of drug-likeness (QED) is 0.887. The van der Waals surface area contributed by atoms with Gasteiger partial charge in [-0.15, -0.1) is 0 Å². The van der Waals surface area contributed by atoms with Gasteiger partial charge in [0.25, 0.3) is 5.91 Å². The van der Waals surface area contributed by atoms with Gasteiger partial charge in [-0.05, 0) is 38.1 Å². The highest BCUT2D eigenvalue weighted by Crippen LogP contribution is 2.21. The van der Waals surface area contributed by atoms with E-state index in [1.165, 1.54) is 6.26 Å². The number of nitrogens with one attached hydrogen (secondary N) is 2. The first-order valence-electron chi connectivity index (χ1n) is 6.60. The molecule has 2 N–H and O–H groups in total. The zero-order valence-corrected chi connectivity index (χ0v) is 11.7. The Labute approximate surface area is 121 Å². The van der Waals surface area contributed by atoms with Gasteiger partial charge in [0, 0.05) is 12.1 Å². The van der Waals surface area contributed by atoms with E-state index < -0.39 is 23.6 Å². The second-order valence-electron chi connectivity index (χ2n) is 4.56. The van der Waals surface area contributed by atoms with Crippen molar-refractivity contribution in [2.24, 2.45) is 0 Å². The predicted octanol–water partition coefficient (Wildman–Crippen LogP) is 3.48. The van der Waals surface area contributed by atoms with Crippen LogP contribution in [0.4, 0.5) is 14.5 Å². The van der Waals surface area contributed by atoms with Crippen LogP contribution in [-0.2, 0) is 0 Å². The van der Waals surface area contributed by atoms with E-state index in [9.17, 15) is 13.6 Å². The Morgan fingerprint density at radius 2 is 2.00 bits per heavy atom. The van der Waals surface area contributed by atoms with E-state index in [1.54, 1.807) is 26.0 Å². The summed E-state index contributed by atoms with van der Waals surface area (Å²) in [5.41, 5.74) is -0.307. The molecule has 0 saturated heterocycles. The number of carbonyl (C=O) groups is 1. The number of carbonyl (C=O) groups excluding carboxylic acids is 1. The number of hydrogen-bond donors (Lipinski definition) is 2. The van der Waals surface area contributed by atoms with Gasteiger partial charge in [-0.3, -0.25) is 4.79 Å². The molecular weight excluding hydrogens is 278 g/mol. The highest BCUT2D eigenvalue weighted by atomic mass is 19.1. The summed E-state index contributed by atoms with van der Waals surface area (Å²) in [5, 5.41) is 5.19. The van der Waals surface area contributed by atoms with E-state index in [-0.39, 0.29) is 11.3 Å². The second kappa shape index (κ2) is 6.39. The van der Waals surface area contributed by atoms with Crippen molar-refractivity contribution >= 4 is 11.6 Å². The number of anilines is 1. The van der Waals surface area contributed by atoms with Gasteiger partial charge >= 0.3 is 0 Å². The molecule has 1 amide bonds. The van der Waals surface area contributed by atoms with Gasteiger partial charge in [0.2, 0.25) is 0 Å². The molecule has 0 aliphatic heterocycles. The minimum atomic E-state index is -0.798. The van der Waals surface area contributed by atoms with Crippen LogP contribution in [0.3, 0.4) is 0 Å². The monoisotopic (exact) mass is 294 g/mol. The van der Waals surface area contributed by atoms with Crippen molar-refractivity contribution < 1.29 is 18.0 Å². The molecule has 0 aliphatic carbocycles. The Kier molecular flexibility index (Phi) is 4.57. The van der Waals surface area contributed by atoms with Gasteiger partial charge < -0.3 is 15.1 Å². The predicted molar refractivity (Wildman–Crippen MR) is 75.1 cm³/mol. The van der Waals surface area contributed by atoms with Crippen molar-refractivity contribution in [2.75, 3.05) is 11.9 Å². The Morgan fingerprint density at radius 3 is 2.52 bits per heavy atom. The van der Waals surface area contributed by atoms with Crippen molar-refractivity contribution in [3.05, 3.63) is 53.5 Å². The van der Waals surface area contributed by atoms with Gasteiger partial charge in [0.15, 0.2) is 0 Å². The zero-order valence-electron chi connectivity index (χ0n) is 11.7. The van der Waals surface area contributed by atoms with Crippen LogP contribution in [0.5, 0.6) is 0 Å². The summed E-state index contributed by atoms with van der Waals surface area (Å²) >= 11 is 0. The molecule has 1 unspecified atom stereocenters. The molecule has 1 aromatic heterocycles. The molecule has 2 aromatic rings. The van der Waals surface area contributed by atoms with E-state index in [2.05, 4.69) is 10.6 Å². The third-order valence-corrected chi connectivity index (χ3v) is 2.98. The van der Waals surface area contributed by atoms with E-state index in [0.717, 1.165) is 12.1 Å². The fraction of sp³-hybridized carbons (Fsp3) is 0.267. The molecule has 0 saturated carbocycles. The number of halogens is 2. The van der Waals surface area contributed by atoms with Crippen LogP contribution in [-0.4, -0.2) is 12.5 Å². The zero-order chi connectivity index (χ0) is 15.4. The number of furan rings is 1. The highest BCUT2D eigenvalue weighted by molar-refractivity contribution is 5.94. The van der Waals surface area contributed by atoms with Gasteiger partial charge in [0.1, 0.15) is 23.1 Å². The normalized spacial score (nSPS) is 12.0. The molecule has 1 atom stereocenters. The standard InChI is InChI=1S/C15H16F2N2O2/c1-3-18-14-11(16)7-10(8-12(14)17)15(20)19-9(2)13-5-4-6-21-13/h4-9,18H,3H2,1-2H3,(H,19,20). The van der Waals surface area contributed by atoms with E-state index in [0.29, 0.717) is 12.3 Å². The molecule has 0 spiro atoms. The summed E-state index contributed by atoms with van der Waals surface area (Å²) in [6.45, 7) is 3.83. The lowest BCUT2D eigenvalue weighted by atomic mass is 10.1. The minimum absolute atomic E-state index is 0.0786. The SMILES string of the molecule is CCNc1c(F)cc(C(=O)NC(C)c2ccco2)cc1F. The van der Waals surface area contributed by atoms with Crippen LogP contribution in [0.2, 0.25) is 0 Å². The fourth-order valence-electron chi connectivity index (χ4n) is 1.94. The van der Waals surface area contributed by atoms with Crippen LogP contribution in [0, 0.1) is 11.6 Å². The summed E-state index contributed by atoms with van der Waals surface area (Å²) in [5.74, 6) is -1.60. The number of amides is 1. The maximum absolute atomic E-state index is 13.8. The maximum Gasteiger partial charge on any atom is 0.252 e. The van der Waals surface area contributed by atoms with Gasteiger partial charge in [-0.1, -0.05) is 0 Å². The van der Waals surface area contributed by atoms with Gasteiger partial charge in [0.05, 0.1) is 12.3 Å². The Hall–Kier alpha value is -2.37. The topological polar surface area (TPSA) is 54.3 Å². The van der Waals surface area contributed by atoms with Crippen molar-refractivity contribution in [2.45, 2.75) is 19.9 Å². The first kappa shape index (κ1) is 15.0. The summed E-state index contributed by atoms with van der Waals surface area (Å²) in [6.07, 6.45) is 1.49. The Morgan fingerprint density at radius 1 is 1.33 bits per heavy atom. The van der Waals surface area contributed by atoms with Gasteiger partial charge in [-0.2, -0.15) is 0 Å². The molecule has 0 fully saturated rings. The second-order valence-corrected chi connectivity index (χ2v) is 4.56. The molecule has 1 heterocycles. The van der Waals surface area contributed by atoms with Crippen LogP contribution in [0.1, 0.15) is 36.0 Å². The third-order valence-electron chi connectivity index (χ3n) is 2.98. The van der Waals surface area contributed by atoms with Crippen LogP contribution in [0.25, 0.3) is 0 Å². The lowest BCUT2D eigenvalue weighted by Gasteiger charge is -2.13. The molecule has 4 nitrogen and oxygen atoms in total. The molecule has 112 valence electrons. The van der Waals surface area contributed by atoms with Crippen LogP contribution >= 0.6 is 0 Å². The maximum atomic E-state index is 13.8. The van der Waals surface area contributed by atoms with Crippen LogP contribution < -0.4 is 10.6 Å². The van der Waals surface area contributed by atoms with Crippen molar-refractivity contribution in [3.8, 4) is 0 Å². The molecule has 1 aromatic carbocycles. The van der Waals surface area contributed by atoms with Crippen molar-refractivity contribution in [1.29, 1.82) is 0 Å². The average molecular weight is 294 g/mol. The average Bonchev–Trinajstić information content (AvgIpc) is 2.96. The molecule has 2 rings (SSSR count). The Balaban J connectivity index is 2.16. The fourth-order valence-corrected chi connectivity index (χ4v) is 1.94. The van der Waals surface area contributed by atoms with E-state index in [4.69, 9.17) is 4.42 Å². The number of rotatable bonds is 5. The Bertz CT molecular complexity index is 604. The van der Waals surface area contributed by atoms with Crippen LogP contribution in [0.15, 0.2) is 34.9 Å². The van der Waals surface area contributed by atoms with E-state index in [1.807, 2.05) is 0 Å². The lowest BCUT2D eigenvalue weighted by molar-refractivity contribution is 0.0934.